The molecule has 0 aliphatic carbocycles. The number of aromatic nitrogens is 1. The van der Waals surface area contributed by atoms with E-state index in [1.165, 1.54) is 10.8 Å². The van der Waals surface area contributed by atoms with Crippen LogP contribution < -0.4 is 5.43 Å². The average Bonchev–Trinajstić information content (AvgIpc) is 3.12. The fraction of sp³-hybridized carbons (Fsp3) is 0. The first-order valence-corrected chi connectivity index (χ1v) is 8.56. The predicted octanol–water partition coefficient (Wildman–Crippen LogP) is 5.41. The van der Waals surface area contributed by atoms with E-state index in [0.29, 0.717) is 0 Å². The smallest absolute Gasteiger partial charge is 0.203 e. The third kappa shape index (κ3) is 3.05. The van der Waals surface area contributed by atoms with Gasteiger partial charge in [0.15, 0.2) is 0 Å². The lowest BCUT2D eigenvalue weighted by molar-refractivity contribution is 1.29. The summed E-state index contributed by atoms with van der Waals surface area (Å²) in [4.78, 5) is 4.57. The van der Waals surface area contributed by atoms with E-state index in [2.05, 4.69) is 51.9 Å². The number of anilines is 1. The Balaban J connectivity index is 1.52. The molecule has 0 saturated heterocycles. The predicted molar refractivity (Wildman–Crippen MR) is 103 cm³/mol. The van der Waals surface area contributed by atoms with Gasteiger partial charge in [-0.3, -0.25) is 5.43 Å². The largest absolute Gasteiger partial charge is 0.253 e. The van der Waals surface area contributed by atoms with E-state index in [9.17, 15) is 0 Å². The number of nitrogens with one attached hydrogen (secondary N) is 1. The molecule has 0 radical (unpaired) electrons. The zero-order valence-corrected chi connectivity index (χ0v) is 13.7. The SMILES string of the molecule is C(=NNc1nc(-c2ccccc2)cs1)c1cccc2ccccc12. The van der Waals surface area contributed by atoms with Crippen molar-refractivity contribution in [1.82, 2.24) is 4.98 Å². The number of hydrogen-bond donors (Lipinski definition) is 1. The molecular weight excluding hydrogens is 314 g/mol. The standard InChI is InChI=1S/C20H15N3S/c1-2-8-16(9-3-1)19-14-24-20(22-19)23-21-13-17-11-6-10-15-7-4-5-12-18(15)17/h1-14H,(H,22,23). The summed E-state index contributed by atoms with van der Waals surface area (Å²) in [5.41, 5.74) is 6.18. The minimum Gasteiger partial charge on any atom is -0.253 e. The Morgan fingerprint density at radius 2 is 1.67 bits per heavy atom. The number of nitrogens with zero attached hydrogens (tertiary/aromatic N) is 2. The van der Waals surface area contributed by atoms with Crippen molar-refractivity contribution in [1.29, 1.82) is 0 Å². The molecule has 0 fully saturated rings. The molecule has 4 aromatic rings. The summed E-state index contributed by atoms with van der Waals surface area (Å²) in [5, 5.41) is 9.56. The summed E-state index contributed by atoms with van der Waals surface area (Å²) >= 11 is 1.55. The maximum absolute atomic E-state index is 4.57. The highest BCUT2D eigenvalue weighted by molar-refractivity contribution is 7.14. The van der Waals surface area contributed by atoms with Gasteiger partial charge in [0.05, 0.1) is 11.9 Å². The number of hydrazone groups is 1. The summed E-state index contributed by atoms with van der Waals surface area (Å²) in [6.45, 7) is 0. The Hall–Kier alpha value is -2.98. The van der Waals surface area contributed by atoms with Gasteiger partial charge >= 0.3 is 0 Å². The lowest BCUT2D eigenvalue weighted by atomic mass is 10.1. The van der Waals surface area contributed by atoms with Crippen LogP contribution in [0.1, 0.15) is 5.56 Å². The molecule has 0 saturated carbocycles. The normalized spacial score (nSPS) is 11.2. The maximum atomic E-state index is 4.57. The second kappa shape index (κ2) is 6.64. The topological polar surface area (TPSA) is 37.3 Å². The zero-order chi connectivity index (χ0) is 16.2. The molecule has 4 rings (SSSR count). The summed E-state index contributed by atoms with van der Waals surface area (Å²) < 4.78 is 0. The summed E-state index contributed by atoms with van der Waals surface area (Å²) in [5.74, 6) is 0. The molecule has 1 heterocycles. The number of thiazole rings is 1. The van der Waals surface area contributed by atoms with Crippen LogP contribution in [-0.2, 0) is 0 Å². The van der Waals surface area contributed by atoms with Crippen LogP contribution in [0.15, 0.2) is 83.3 Å². The minimum atomic E-state index is 0.783. The highest BCUT2D eigenvalue weighted by atomic mass is 32.1. The van der Waals surface area contributed by atoms with Gasteiger partial charge in [0.2, 0.25) is 5.13 Å². The maximum Gasteiger partial charge on any atom is 0.203 e. The molecule has 0 atom stereocenters. The first-order chi connectivity index (χ1) is 11.9. The first kappa shape index (κ1) is 14.6. The Labute approximate surface area is 144 Å². The van der Waals surface area contributed by atoms with Gasteiger partial charge < -0.3 is 0 Å². The Morgan fingerprint density at radius 3 is 2.58 bits per heavy atom. The quantitative estimate of drug-likeness (QED) is 0.401. The number of hydrogen-bond acceptors (Lipinski definition) is 4. The Kier molecular flexibility index (Phi) is 4.04. The molecule has 1 N–H and O–H groups in total. The number of fused-ring (bicyclic) bond motifs is 1. The van der Waals surface area contributed by atoms with Gasteiger partial charge in [-0.1, -0.05) is 72.8 Å². The van der Waals surface area contributed by atoms with Crippen LogP contribution in [0.2, 0.25) is 0 Å². The summed E-state index contributed by atoms with van der Waals surface area (Å²) in [6, 6.07) is 24.6. The number of rotatable bonds is 4. The highest BCUT2D eigenvalue weighted by Gasteiger charge is 2.03. The third-order valence-electron chi connectivity index (χ3n) is 3.76. The van der Waals surface area contributed by atoms with Crippen molar-refractivity contribution in [3.05, 3.63) is 83.7 Å². The van der Waals surface area contributed by atoms with Crippen LogP contribution in [-0.4, -0.2) is 11.2 Å². The molecule has 3 nitrogen and oxygen atoms in total. The average molecular weight is 329 g/mol. The van der Waals surface area contributed by atoms with E-state index in [-0.39, 0.29) is 0 Å². The lowest BCUT2D eigenvalue weighted by Gasteiger charge is -2.01. The van der Waals surface area contributed by atoms with E-state index >= 15 is 0 Å². The molecule has 24 heavy (non-hydrogen) atoms. The minimum absolute atomic E-state index is 0.783. The van der Waals surface area contributed by atoms with Crippen molar-refractivity contribution < 1.29 is 0 Å². The molecule has 116 valence electrons. The van der Waals surface area contributed by atoms with Gasteiger partial charge in [-0.05, 0) is 10.8 Å². The summed E-state index contributed by atoms with van der Waals surface area (Å²) in [6.07, 6.45) is 1.84. The molecule has 0 bridgehead atoms. The molecule has 1 aromatic heterocycles. The van der Waals surface area contributed by atoms with Gasteiger partial charge in [0.25, 0.3) is 0 Å². The van der Waals surface area contributed by atoms with E-state index < -0.39 is 0 Å². The van der Waals surface area contributed by atoms with Crippen molar-refractivity contribution in [3.63, 3.8) is 0 Å². The molecule has 4 heteroatoms. The van der Waals surface area contributed by atoms with Crippen molar-refractivity contribution >= 4 is 33.5 Å². The van der Waals surface area contributed by atoms with Crippen LogP contribution in [0.25, 0.3) is 22.0 Å². The second-order valence-corrected chi connectivity index (χ2v) is 6.20. The van der Waals surface area contributed by atoms with Crippen molar-refractivity contribution in [2.45, 2.75) is 0 Å². The fourth-order valence-electron chi connectivity index (χ4n) is 2.59. The zero-order valence-electron chi connectivity index (χ0n) is 12.9. The van der Waals surface area contributed by atoms with Crippen LogP contribution >= 0.6 is 11.3 Å². The van der Waals surface area contributed by atoms with Gasteiger partial charge in [-0.15, -0.1) is 11.3 Å². The van der Waals surface area contributed by atoms with E-state index in [1.807, 2.05) is 48.0 Å². The second-order valence-electron chi connectivity index (χ2n) is 5.34. The van der Waals surface area contributed by atoms with Gasteiger partial charge in [0.1, 0.15) is 0 Å². The lowest BCUT2D eigenvalue weighted by Crippen LogP contribution is -1.91. The first-order valence-electron chi connectivity index (χ1n) is 7.68. The monoisotopic (exact) mass is 329 g/mol. The highest BCUT2D eigenvalue weighted by Crippen LogP contribution is 2.24. The Morgan fingerprint density at radius 1 is 0.875 bits per heavy atom. The fourth-order valence-corrected chi connectivity index (χ4v) is 3.26. The van der Waals surface area contributed by atoms with Crippen LogP contribution in [0.5, 0.6) is 0 Å². The van der Waals surface area contributed by atoms with Gasteiger partial charge in [-0.2, -0.15) is 5.10 Å². The van der Waals surface area contributed by atoms with Crippen molar-refractivity contribution in [2.75, 3.05) is 5.43 Å². The number of benzene rings is 3. The Bertz CT molecular complexity index is 985. The van der Waals surface area contributed by atoms with E-state index in [1.54, 1.807) is 11.3 Å². The molecule has 0 aliphatic heterocycles. The van der Waals surface area contributed by atoms with Crippen LogP contribution in [0, 0.1) is 0 Å². The van der Waals surface area contributed by atoms with Gasteiger partial charge in [-0.25, -0.2) is 4.98 Å². The van der Waals surface area contributed by atoms with E-state index in [4.69, 9.17) is 0 Å². The van der Waals surface area contributed by atoms with Crippen LogP contribution in [0.4, 0.5) is 5.13 Å². The van der Waals surface area contributed by atoms with Gasteiger partial charge in [0, 0.05) is 16.5 Å². The summed E-state index contributed by atoms with van der Waals surface area (Å²) in [7, 11) is 0. The molecule has 0 aliphatic rings. The molecule has 0 amide bonds. The molecule has 0 spiro atoms. The van der Waals surface area contributed by atoms with Crippen LogP contribution in [0.3, 0.4) is 0 Å². The van der Waals surface area contributed by atoms with Crippen molar-refractivity contribution in [2.24, 2.45) is 5.10 Å². The van der Waals surface area contributed by atoms with E-state index in [0.717, 1.165) is 22.0 Å². The third-order valence-corrected chi connectivity index (χ3v) is 4.51. The molecule has 3 aromatic carbocycles. The van der Waals surface area contributed by atoms with Crippen molar-refractivity contribution in [3.8, 4) is 11.3 Å². The molecule has 0 unspecified atom stereocenters. The molecular formula is C20H15N3S.